The van der Waals surface area contributed by atoms with Crippen molar-refractivity contribution in [2.75, 3.05) is 0 Å². The van der Waals surface area contributed by atoms with E-state index in [2.05, 4.69) is 6.92 Å². The van der Waals surface area contributed by atoms with Gasteiger partial charge in [-0.2, -0.15) is 13.5 Å². The van der Waals surface area contributed by atoms with Crippen LogP contribution in [0.2, 0.25) is 0 Å². The Morgan fingerprint density at radius 1 is 0.714 bits per heavy atom. The number of hydrogen-bond acceptors (Lipinski definition) is 1. The summed E-state index contributed by atoms with van der Waals surface area (Å²) < 4.78 is 0. The summed E-state index contributed by atoms with van der Waals surface area (Å²) in [5, 5.41) is 9.20. The summed E-state index contributed by atoms with van der Waals surface area (Å²) in [7, 11) is 0. The number of unbranched alkanes of at least 4 members (excludes halogenated alkanes) is 9. The van der Waals surface area contributed by atoms with Crippen LogP contribution in [0.4, 0.5) is 0 Å². The van der Waals surface area contributed by atoms with Gasteiger partial charge in [0.1, 0.15) is 5.75 Å². The van der Waals surface area contributed by atoms with E-state index >= 15 is 0 Å². The van der Waals surface area contributed by atoms with E-state index < -0.39 is 0 Å². The quantitative estimate of drug-likeness (QED) is 0.442. The van der Waals surface area contributed by atoms with Gasteiger partial charge < -0.3 is 5.11 Å². The first-order valence-electron chi connectivity index (χ1n) is 8.11. The normalized spacial score (nSPS) is 9.76. The third-order valence-electron chi connectivity index (χ3n) is 3.76. The molecule has 21 heavy (non-hydrogen) atoms. The van der Waals surface area contributed by atoms with Gasteiger partial charge in [0.25, 0.3) is 0 Å². The molecule has 1 aromatic rings. The molecule has 0 bridgehead atoms. The Hall–Kier alpha value is 0.630. The van der Waals surface area contributed by atoms with Gasteiger partial charge in [-0.25, -0.2) is 0 Å². The van der Waals surface area contributed by atoms with Crippen LogP contribution in [0, 0.1) is 0 Å². The zero-order valence-corrected chi connectivity index (χ0v) is 14.0. The van der Waals surface area contributed by atoms with E-state index in [1.807, 2.05) is 12.1 Å². The Balaban J connectivity index is 0. The summed E-state index contributed by atoms with van der Waals surface area (Å²) in [6, 6.07) is 7.63. The van der Waals surface area contributed by atoms with Gasteiger partial charge in [0.05, 0.1) is 0 Å². The van der Waals surface area contributed by atoms with E-state index in [4.69, 9.17) is 0 Å². The molecule has 0 amide bonds. The minimum absolute atomic E-state index is 0. The van der Waals surface area contributed by atoms with E-state index in [1.54, 1.807) is 12.1 Å². The summed E-state index contributed by atoms with van der Waals surface area (Å²) in [6.45, 7) is 2.27. The molecule has 0 unspecified atom stereocenters. The molecule has 1 aromatic carbocycles. The van der Waals surface area contributed by atoms with Crippen LogP contribution in [-0.4, -0.2) is 42.8 Å². The maximum absolute atomic E-state index is 9.20. The number of aromatic hydroxyl groups is 1. The van der Waals surface area contributed by atoms with Gasteiger partial charge in [0, 0.05) is 0 Å². The standard InChI is InChI=1S/C18H30O.Ca.H2S.2H/c1-2-3-4-5-6-7-8-9-10-11-12-17-13-15-18(19)16-14-17;;;;/h13-16,19H,2-12H2,1H3;;1H2;;. The number of hydrogen-bond donors (Lipinski definition) is 1. The first kappa shape index (κ1) is 23.9. The molecule has 120 valence electrons. The summed E-state index contributed by atoms with van der Waals surface area (Å²) in [5.74, 6) is 0.367. The molecule has 0 spiro atoms. The summed E-state index contributed by atoms with van der Waals surface area (Å²) in [5.41, 5.74) is 1.34. The molecule has 1 rings (SSSR count). The van der Waals surface area contributed by atoms with Crippen LogP contribution < -0.4 is 0 Å². The molecule has 0 saturated heterocycles. The van der Waals surface area contributed by atoms with Crippen molar-refractivity contribution < 1.29 is 5.11 Å². The second-order valence-corrected chi connectivity index (χ2v) is 5.60. The van der Waals surface area contributed by atoms with Crippen molar-refractivity contribution in [1.29, 1.82) is 0 Å². The van der Waals surface area contributed by atoms with Crippen molar-refractivity contribution in [3.8, 4) is 5.75 Å². The predicted molar refractivity (Wildman–Crippen MR) is 103 cm³/mol. The number of benzene rings is 1. The molecule has 0 fully saturated rings. The zero-order valence-electron chi connectivity index (χ0n) is 13.0. The zero-order chi connectivity index (χ0) is 13.8. The van der Waals surface area contributed by atoms with Crippen LogP contribution in [0.3, 0.4) is 0 Å². The third-order valence-corrected chi connectivity index (χ3v) is 3.76. The Morgan fingerprint density at radius 2 is 1.14 bits per heavy atom. The molecule has 0 aliphatic carbocycles. The third kappa shape index (κ3) is 14.0. The van der Waals surface area contributed by atoms with Crippen LogP contribution in [-0.2, 0) is 6.42 Å². The van der Waals surface area contributed by atoms with Crippen LogP contribution in [0.1, 0.15) is 76.7 Å². The second-order valence-electron chi connectivity index (χ2n) is 5.60. The fourth-order valence-corrected chi connectivity index (χ4v) is 2.48. The van der Waals surface area contributed by atoms with E-state index in [0.717, 1.165) is 6.42 Å². The number of rotatable bonds is 11. The fourth-order valence-electron chi connectivity index (χ4n) is 2.48. The Bertz CT molecular complexity index is 313. The maximum atomic E-state index is 9.20. The SMILES string of the molecule is CCCCCCCCCCCCc1ccc(O)cc1.S.[CaH2]. The van der Waals surface area contributed by atoms with Gasteiger partial charge >= 0.3 is 37.7 Å². The molecule has 0 aromatic heterocycles. The van der Waals surface area contributed by atoms with Crippen molar-refractivity contribution in [1.82, 2.24) is 0 Å². The van der Waals surface area contributed by atoms with E-state index in [-0.39, 0.29) is 51.2 Å². The van der Waals surface area contributed by atoms with E-state index in [1.165, 1.54) is 69.8 Å². The summed E-state index contributed by atoms with van der Waals surface area (Å²) in [6.07, 6.45) is 15.0. The van der Waals surface area contributed by atoms with Gasteiger partial charge in [0.15, 0.2) is 0 Å². The average molecular weight is 339 g/mol. The summed E-state index contributed by atoms with van der Waals surface area (Å²) in [4.78, 5) is 0. The molecule has 0 atom stereocenters. The van der Waals surface area contributed by atoms with E-state index in [9.17, 15) is 5.11 Å². The topological polar surface area (TPSA) is 20.2 Å². The van der Waals surface area contributed by atoms with Gasteiger partial charge in [-0.15, -0.1) is 0 Å². The van der Waals surface area contributed by atoms with Crippen molar-refractivity contribution in [3.63, 3.8) is 0 Å². The molecule has 1 nitrogen and oxygen atoms in total. The van der Waals surface area contributed by atoms with Crippen molar-refractivity contribution >= 4 is 51.2 Å². The number of phenols is 1. The fraction of sp³-hybridized carbons (Fsp3) is 0.667. The minimum atomic E-state index is 0. The molecule has 1 N–H and O–H groups in total. The number of aryl methyl sites for hydroxylation is 1. The Kier molecular flexibility index (Phi) is 19.3. The van der Waals surface area contributed by atoms with Crippen molar-refractivity contribution in [2.45, 2.75) is 77.6 Å². The van der Waals surface area contributed by atoms with Gasteiger partial charge in [0.2, 0.25) is 0 Å². The molecule has 0 heterocycles. The van der Waals surface area contributed by atoms with Gasteiger partial charge in [-0.1, -0.05) is 76.8 Å². The van der Waals surface area contributed by atoms with Gasteiger partial charge in [-0.05, 0) is 30.5 Å². The molecule has 0 aliphatic heterocycles. The predicted octanol–water partition coefficient (Wildman–Crippen LogP) is 5.05. The Labute approximate surface area is 168 Å². The molecular formula is C18H34CaOS. The molecule has 0 saturated carbocycles. The summed E-state index contributed by atoms with van der Waals surface area (Å²) >= 11 is 0. The van der Waals surface area contributed by atoms with Crippen LogP contribution in [0.5, 0.6) is 5.75 Å². The van der Waals surface area contributed by atoms with Crippen LogP contribution in [0.15, 0.2) is 24.3 Å². The molecule has 0 radical (unpaired) electrons. The molecule has 0 aliphatic rings. The molecular weight excluding hydrogens is 304 g/mol. The molecule has 3 heteroatoms. The van der Waals surface area contributed by atoms with E-state index in [0.29, 0.717) is 5.75 Å². The number of phenolic OH excluding ortho intramolecular Hbond substituents is 1. The van der Waals surface area contributed by atoms with Gasteiger partial charge in [-0.3, -0.25) is 0 Å². The second kappa shape index (κ2) is 17.0. The van der Waals surface area contributed by atoms with Crippen LogP contribution >= 0.6 is 13.5 Å². The Morgan fingerprint density at radius 3 is 1.62 bits per heavy atom. The monoisotopic (exact) mass is 338 g/mol. The first-order valence-corrected chi connectivity index (χ1v) is 8.11. The van der Waals surface area contributed by atoms with Crippen LogP contribution in [0.25, 0.3) is 0 Å². The average Bonchev–Trinajstić information content (AvgIpc) is 2.43. The first-order chi connectivity index (χ1) is 9.33. The van der Waals surface area contributed by atoms with Crippen molar-refractivity contribution in [3.05, 3.63) is 29.8 Å². The van der Waals surface area contributed by atoms with Crippen molar-refractivity contribution in [2.24, 2.45) is 0 Å².